The number of benzene rings is 1. The van der Waals surface area contributed by atoms with Crippen molar-refractivity contribution in [3.05, 3.63) is 53.1 Å². The molecule has 1 saturated carbocycles. The van der Waals surface area contributed by atoms with Crippen molar-refractivity contribution >= 4 is 17.8 Å². The van der Waals surface area contributed by atoms with Crippen LogP contribution in [-0.4, -0.2) is 14.7 Å². The molecular weight excluding hydrogens is 272 g/mol. The smallest absolute Gasteiger partial charge is 0.119 e. The van der Waals surface area contributed by atoms with Gasteiger partial charge in [0.2, 0.25) is 0 Å². The van der Waals surface area contributed by atoms with Crippen LogP contribution in [0.15, 0.2) is 42.5 Å². The highest BCUT2D eigenvalue weighted by molar-refractivity contribution is 6.30. The number of nitrogens with zero attached hydrogens (tertiary/aromatic N) is 2. The van der Waals surface area contributed by atoms with Crippen molar-refractivity contribution in [3.63, 3.8) is 0 Å². The van der Waals surface area contributed by atoms with Crippen LogP contribution >= 0.6 is 11.6 Å². The number of allylic oxidation sites excluding steroid dienone is 1. The largest absolute Gasteiger partial charge is 0.508 e. The van der Waals surface area contributed by atoms with Gasteiger partial charge in [0.1, 0.15) is 5.75 Å². The molecule has 0 spiro atoms. The summed E-state index contributed by atoms with van der Waals surface area (Å²) in [6.45, 7) is 0. The Labute approximate surface area is 123 Å². The van der Waals surface area contributed by atoms with Gasteiger partial charge >= 0.3 is 0 Å². The second-order valence-corrected chi connectivity index (χ2v) is 5.65. The van der Waals surface area contributed by atoms with Gasteiger partial charge in [-0.3, -0.25) is 0 Å². The second-order valence-electron chi connectivity index (χ2n) is 5.22. The van der Waals surface area contributed by atoms with E-state index >= 15 is 0 Å². The molecule has 0 saturated heterocycles. The lowest BCUT2D eigenvalue weighted by Gasteiger charge is -2.26. The SMILES string of the molecule is Oc1ccc(Cl)cc1C1CCCCC1=Cn1ccnc1. The Morgan fingerprint density at radius 3 is 3.05 bits per heavy atom. The zero-order valence-electron chi connectivity index (χ0n) is 11.2. The Bertz CT molecular complexity index is 619. The van der Waals surface area contributed by atoms with Crippen molar-refractivity contribution in [2.45, 2.75) is 31.6 Å². The summed E-state index contributed by atoms with van der Waals surface area (Å²) in [6, 6.07) is 5.29. The van der Waals surface area contributed by atoms with E-state index in [1.54, 1.807) is 24.7 Å². The first kappa shape index (κ1) is 13.3. The minimum Gasteiger partial charge on any atom is -0.508 e. The number of halogens is 1. The molecule has 20 heavy (non-hydrogen) atoms. The van der Waals surface area contributed by atoms with Crippen LogP contribution in [0.25, 0.3) is 6.20 Å². The quantitative estimate of drug-likeness (QED) is 0.887. The third-order valence-corrected chi connectivity index (χ3v) is 4.10. The molecule has 0 amide bonds. The zero-order valence-corrected chi connectivity index (χ0v) is 11.9. The molecule has 104 valence electrons. The number of aromatic hydroxyl groups is 1. The zero-order chi connectivity index (χ0) is 13.9. The molecule has 3 nitrogen and oxygen atoms in total. The van der Waals surface area contributed by atoms with E-state index in [1.165, 1.54) is 18.4 Å². The highest BCUT2D eigenvalue weighted by Crippen LogP contribution is 2.41. The maximum absolute atomic E-state index is 10.1. The minimum absolute atomic E-state index is 0.241. The summed E-state index contributed by atoms with van der Waals surface area (Å²) in [5.74, 6) is 0.572. The average molecular weight is 289 g/mol. The molecule has 0 radical (unpaired) electrons. The highest BCUT2D eigenvalue weighted by atomic mass is 35.5. The molecule has 1 unspecified atom stereocenters. The standard InChI is InChI=1S/C16H17ClN2O/c17-13-5-6-16(20)15(9-13)14-4-2-1-3-12(14)10-19-8-7-18-11-19/h5-11,14,20H,1-4H2. The molecule has 1 heterocycles. The fourth-order valence-corrected chi connectivity index (χ4v) is 3.07. The third-order valence-electron chi connectivity index (χ3n) is 3.86. The van der Waals surface area contributed by atoms with Gasteiger partial charge in [-0.1, -0.05) is 18.0 Å². The Balaban J connectivity index is 1.98. The fourth-order valence-electron chi connectivity index (χ4n) is 2.89. The summed E-state index contributed by atoms with van der Waals surface area (Å²) in [7, 11) is 0. The maximum atomic E-state index is 10.1. The number of hydrogen-bond acceptors (Lipinski definition) is 2. The molecule has 1 aliphatic carbocycles. The topological polar surface area (TPSA) is 38.0 Å². The lowest BCUT2D eigenvalue weighted by Crippen LogP contribution is -2.09. The van der Waals surface area contributed by atoms with E-state index in [9.17, 15) is 5.11 Å². The van der Waals surface area contributed by atoms with Gasteiger partial charge in [0.05, 0.1) is 6.33 Å². The van der Waals surface area contributed by atoms with Gasteiger partial charge in [-0.15, -0.1) is 0 Å². The summed E-state index contributed by atoms with van der Waals surface area (Å²) in [6.07, 6.45) is 12.1. The van der Waals surface area contributed by atoms with Gasteiger partial charge in [-0.2, -0.15) is 0 Å². The molecule has 1 aromatic carbocycles. The average Bonchev–Trinajstić information content (AvgIpc) is 2.95. The second kappa shape index (κ2) is 5.71. The molecule has 1 atom stereocenters. The molecule has 0 aliphatic heterocycles. The lowest BCUT2D eigenvalue weighted by molar-refractivity contribution is 0.453. The fraction of sp³-hybridized carbons (Fsp3) is 0.312. The number of hydrogen-bond donors (Lipinski definition) is 1. The van der Waals surface area contributed by atoms with Crippen LogP contribution in [0, 0.1) is 0 Å². The maximum Gasteiger partial charge on any atom is 0.119 e. The molecule has 2 aromatic rings. The molecule has 4 heteroatoms. The van der Waals surface area contributed by atoms with Crippen molar-refractivity contribution < 1.29 is 5.11 Å². The van der Waals surface area contributed by atoms with E-state index in [1.807, 2.05) is 16.8 Å². The van der Waals surface area contributed by atoms with Crippen molar-refractivity contribution in [3.8, 4) is 5.75 Å². The van der Waals surface area contributed by atoms with Crippen molar-refractivity contribution in [1.82, 2.24) is 9.55 Å². The summed E-state index contributed by atoms with van der Waals surface area (Å²) in [5, 5.41) is 10.8. The Hall–Kier alpha value is -1.74. The Morgan fingerprint density at radius 1 is 1.35 bits per heavy atom. The number of rotatable bonds is 2. The predicted octanol–water partition coefficient (Wildman–Crippen LogP) is 4.44. The minimum atomic E-state index is 0.241. The first-order valence-corrected chi connectivity index (χ1v) is 7.28. The van der Waals surface area contributed by atoms with E-state index in [2.05, 4.69) is 11.2 Å². The number of phenolic OH excluding ortho intramolecular Hbond substituents is 1. The van der Waals surface area contributed by atoms with Crippen LogP contribution in [-0.2, 0) is 0 Å². The highest BCUT2D eigenvalue weighted by Gasteiger charge is 2.23. The van der Waals surface area contributed by atoms with Crippen molar-refractivity contribution in [2.75, 3.05) is 0 Å². The normalized spacial score (nSPS) is 21.2. The molecule has 0 bridgehead atoms. The number of aromatic nitrogens is 2. The van der Waals surface area contributed by atoms with E-state index in [0.717, 1.165) is 18.4 Å². The first-order chi connectivity index (χ1) is 9.74. The van der Waals surface area contributed by atoms with Gasteiger partial charge < -0.3 is 9.67 Å². The first-order valence-electron chi connectivity index (χ1n) is 6.90. The molecule has 1 aromatic heterocycles. The molecule has 1 N–H and O–H groups in total. The van der Waals surface area contributed by atoms with E-state index in [0.29, 0.717) is 10.8 Å². The number of imidazole rings is 1. The van der Waals surface area contributed by atoms with Gasteiger partial charge in [-0.05, 0) is 43.0 Å². The van der Waals surface area contributed by atoms with Crippen molar-refractivity contribution in [2.24, 2.45) is 0 Å². The van der Waals surface area contributed by atoms with E-state index in [-0.39, 0.29) is 5.92 Å². The lowest BCUT2D eigenvalue weighted by atomic mass is 9.80. The molecular formula is C16H17ClN2O. The van der Waals surface area contributed by atoms with Crippen LogP contribution in [0.5, 0.6) is 5.75 Å². The van der Waals surface area contributed by atoms with Gasteiger partial charge in [0, 0.05) is 35.1 Å². The number of phenols is 1. The van der Waals surface area contributed by atoms with Crippen molar-refractivity contribution in [1.29, 1.82) is 0 Å². The van der Waals surface area contributed by atoms with Crippen LogP contribution in [0.3, 0.4) is 0 Å². The van der Waals surface area contributed by atoms with Gasteiger partial charge in [0.25, 0.3) is 0 Å². The van der Waals surface area contributed by atoms with Gasteiger partial charge in [-0.25, -0.2) is 4.98 Å². The summed E-state index contributed by atoms with van der Waals surface area (Å²) in [4.78, 5) is 4.07. The molecule has 1 aliphatic rings. The predicted molar refractivity (Wildman–Crippen MR) is 80.8 cm³/mol. The van der Waals surface area contributed by atoms with Crippen LogP contribution in [0.4, 0.5) is 0 Å². The summed E-state index contributed by atoms with van der Waals surface area (Å²) < 4.78 is 1.97. The monoisotopic (exact) mass is 288 g/mol. The summed E-state index contributed by atoms with van der Waals surface area (Å²) >= 11 is 6.08. The van der Waals surface area contributed by atoms with E-state index < -0.39 is 0 Å². The summed E-state index contributed by atoms with van der Waals surface area (Å²) in [5.41, 5.74) is 2.26. The third kappa shape index (κ3) is 2.73. The van der Waals surface area contributed by atoms with Gasteiger partial charge in [0.15, 0.2) is 0 Å². The van der Waals surface area contributed by atoms with Crippen LogP contribution in [0.2, 0.25) is 5.02 Å². The Kier molecular flexibility index (Phi) is 3.79. The van der Waals surface area contributed by atoms with Crippen LogP contribution in [0.1, 0.15) is 37.2 Å². The van der Waals surface area contributed by atoms with E-state index in [4.69, 9.17) is 11.6 Å². The molecule has 3 rings (SSSR count). The van der Waals surface area contributed by atoms with Crippen LogP contribution < -0.4 is 0 Å². The Morgan fingerprint density at radius 2 is 2.25 bits per heavy atom. The molecule has 1 fully saturated rings.